The fourth-order valence-electron chi connectivity index (χ4n) is 3.60. The van der Waals surface area contributed by atoms with Gasteiger partial charge in [0.25, 0.3) is 5.91 Å². The summed E-state index contributed by atoms with van der Waals surface area (Å²) in [5, 5.41) is 0. The summed E-state index contributed by atoms with van der Waals surface area (Å²) in [6, 6.07) is 23.2. The van der Waals surface area contributed by atoms with Gasteiger partial charge in [0.15, 0.2) is 0 Å². The maximum Gasteiger partial charge on any atom is 0.258 e. The van der Waals surface area contributed by atoms with Crippen LogP contribution in [0.15, 0.2) is 83.8 Å². The van der Waals surface area contributed by atoms with Gasteiger partial charge in [0.2, 0.25) is 10.0 Å². The number of fused-ring (bicyclic) bond motifs is 1. The molecule has 148 valence electrons. The summed E-state index contributed by atoms with van der Waals surface area (Å²) in [4.78, 5) is 14.7. The van der Waals surface area contributed by atoms with Gasteiger partial charge in [-0.3, -0.25) is 4.79 Å². The fraction of sp³-hybridized carbons (Fsp3) is 0.174. The third kappa shape index (κ3) is 3.95. The molecule has 3 aromatic carbocycles. The molecule has 0 bridgehead atoms. The number of benzene rings is 3. The Kier molecular flexibility index (Phi) is 5.22. The Morgan fingerprint density at radius 1 is 0.966 bits per heavy atom. The van der Waals surface area contributed by atoms with E-state index in [0.29, 0.717) is 18.5 Å². The molecule has 1 aliphatic heterocycles. The molecular weight excluding hydrogens is 384 g/mol. The lowest BCUT2D eigenvalue weighted by Crippen LogP contribution is -2.29. The second-order valence-electron chi connectivity index (χ2n) is 7.12. The van der Waals surface area contributed by atoms with Crippen molar-refractivity contribution in [2.24, 2.45) is 0 Å². The van der Waals surface area contributed by atoms with Gasteiger partial charge in [-0.15, -0.1) is 0 Å². The summed E-state index contributed by atoms with van der Waals surface area (Å²) >= 11 is 0. The van der Waals surface area contributed by atoms with Crippen LogP contribution in [0, 0.1) is 0 Å². The van der Waals surface area contributed by atoms with E-state index in [2.05, 4.69) is 4.72 Å². The zero-order valence-electron chi connectivity index (χ0n) is 16.1. The average molecular weight is 407 g/mol. The molecule has 3 aromatic rings. The highest BCUT2D eigenvalue weighted by molar-refractivity contribution is 7.89. The van der Waals surface area contributed by atoms with Crippen LogP contribution in [0.1, 0.15) is 34.5 Å². The molecular formula is C23H22N2O3S. The van der Waals surface area contributed by atoms with Crippen molar-refractivity contribution in [3.63, 3.8) is 0 Å². The molecule has 0 spiro atoms. The number of carbonyl (C=O) groups is 1. The second-order valence-corrected chi connectivity index (χ2v) is 8.83. The molecule has 0 aliphatic carbocycles. The Balaban J connectivity index is 1.56. The zero-order chi connectivity index (χ0) is 20.4. The first-order valence-electron chi connectivity index (χ1n) is 9.53. The third-order valence-electron chi connectivity index (χ3n) is 5.15. The predicted octanol–water partition coefficient (Wildman–Crippen LogP) is 3.93. The van der Waals surface area contributed by atoms with E-state index in [1.54, 1.807) is 35.2 Å². The van der Waals surface area contributed by atoms with Crippen molar-refractivity contribution in [1.82, 2.24) is 4.72 Å². The van der Waals surface area contributed by atoms with Gasteiger partial charge >= 0.3 is 0 Å². The van der Waals surface area contributed by atoms with Crippen LogP contribution in [0.5, 0.6) is 0 Å². The Labute approximate surface area is 171 Å². The first-order valence-corrected chi connectivity index (χ1v) is 11.0. The lowest BCUT2D eigenvalue weighted by Gasteiger charge is -2.18. The minimum atomic E-state index is -3.67. The molecule has 0 fully saturated rings. The predicted molar refractivity (Wildman–Crippen MR) is 113 cm³/mol. The molecule has 1 N–H and O–H groups in total. The molecule has 0 saturated heterocycles. The number of amides is 1. The molecule has 0 saturated carbocycles. The van der Waals surface area contributed by atoms with E-state index in [-0.39, 0.29) is 16.8 Å². The maximum absolute atomic E-state index is 12.9. The van der Waals surface area contributed by atoms with Gasteiger partial charge in [-0.2, -0.15) is 0 Å². The SMILES string of the molecule is C[C@@H](NS(=O)(=O)c1ccc2c(c1)CCN2C(=O)c1ccccc1)c1ccccc1. The van der Waals surface area contributed by atoms with Crippen LogP contribution in [0.2, 0.25) is 0 Å². The molecule has 29 heavy (non-hydrogen) atoms. The monoisotopic (exact) mass is 406 g/mol. The smallest absolute Gasteiger partial charge is 0.258 e. The normalized spacial score (nSPS) is 14.4. The third-order valence-corrected chi connectivity index (χ3v) is 6.69. The number of sulfonamides is 1. The molecule has 5 nitrogen and oxygen atoms in total. The highest BCUT2D eigenvalue weighted by atomic mass is 32.2. The average Bonchev–Trinajstić information content (AvgIpc) is 3.17. The quantitative estimate of drug-likeness (QED) is 0.698. The molecule has 1 amide bonds. The number of nitrogens with one attached hydrogen (secondary N) is 1. The van der Waals surface area contributed by atoms with Gasteiger partial charge < -0.3 is 4.90 Å². The van der Waals surface area contributed by atoms with E-state index in [9.17, 15) is 13.2 Å². The van der Waals surface area contributed by atoms with Gasteiger partial charge in [0.1, 0.15) is 0 Å². The Bertz CT molecular complexity index is 1130. The number of hydrogen-bond acceptors (Lipinski definition) is 3. The lowest BCUT2D eigenvalue weighted by atomic mass is 10.1. The van der Waals surface area contributed by atoms with Crippen molar-refractivity contribution >= 4 is 21.6 Å². The van der Waals surface area contributed by atoms with E-state index in [0.717, 1.165) is 16.8 Å². The Morgan fingerprint density at radius 2 is 1.62 bits per heavy atom. The van der Waals surface area contributed by atoms with Crippen molar-refractivity contribution in [2.75, 3.05) is 11.4 Å². The molecule has 6 heteroatoms. The summed E-state index contributed by atoms with van der Waals surface area (Å²) in [7, 11) is -3.67. The van der Waals surface area contributed by atoms with Crippen molar-refractivity contribution in [3.8, 4) is 0 Å². The highest BCUT2D eigenvalue weighted by Crippen LogP contribution is 2.31. The minimum Gasteiger partial charge on any atom is -0.308 e. The van der Waals surface area contributed by atoms with Gasteiger partial charge in [0, 0.05) is 23.8 Å². The first kappa shape index (κ1) is 19.4. The summed E-state index contributed by atoms with van der Waals surface area (Å²) in [6.45, 7) is 2.36. The lowest BCUT2D eigenvalue weighted by molar-refractivity contribution is 0.0989. The molecule has 1 aliphatic rings. The molecule has 1 atom stereocenters. The highest BCUT2D eigenvalue weighted by Gasteiger charge is 2.27. The molecule has 0 radical (unpaired) electrons. The van der Waals surface area contributed by atoms with Gasteiger partial charge in [-0.1, -0.05) is 48.5 Å². The standard InChI is InChI=1S/C23H22N2O3S/c1-17(18-8-4-2-5-9-18)24-29(27,28)21-12-13-22-20(16-21)14-15-25(22)23(26)19-10-6-3-7-11-19/h2-13,16-17,24H,14-15H2,1H3/t17-/m1/s1. The molecule has 0 unspecified atom stereocenters. The first-order chi connectivity index (χ1) is 14.0. The number of anilines is 1. The number of hydrogen-bond donors (Lipinski definition) is 1. The topological polar surface area (TPSA) is 66.5 Å². The summed E-state index contributed by atoms with van der Waals surface area (Å²) in [5.74, 6) is -0.0734. The zero-order valence-corrected chi connectivity index (χ0v) is 16.9. The van der Waals surface area contributed by atoms with E-state index in [1.807, 2.05) is 55.5 Å². The van der Waals surface area contributed by atoms with Crippen molar-refractivity contribution in [2.45, 2.75) is 24.3 Å². The summed E-state index contributed by atoms with van der Waals surface area (Å²) in [5.41, 5.74) is 3.16. The van der Waals surface area contributed by atoms with E-state index >= 15 is 0 Å². The second kappa shape index (κ2) is 7.81. The van der Waals surface area contributed by atoms with Crippen LogP contribution in [0.3, 0.4) is 0 Å². The van der Waals surface area contributed by atoms with Crippen LogP contribution in [0.25, 0.3) is 0 Å². The van der Waals surface area contributed by atoms with E-state index < -0.39 is 10.0 Å². The van der Waals surface area contributed by atoms with Crippen LogP contribution in [-0.4, -0.2) is 20.9 Å². The van der Waals surface area contributed by atoms with E-state index in [4.69, 9.17) is 0 Å². The minimum absolute atomic E-state index is 0.0734. The van der Waals surface area contributed by atoms with Gasteiger partial charge in [0.05, 0.1) is 4.90 Å². The van der Waals surface area contributed by atoms with Crippen LogP contribution in [-0.2, 0) is 16.4 Å². The number of nitrogens with zero attached hydrogens (tertiary/aromatic N) is 1. The summed E-state index contributed by atoms with van der Waals surface area (Å²) in [6.07, 6.45) is 0.630. The van der Waals surface area contributed by atoms with Crippen LogP contribution in [0.4, 0.5) is 5.69 Å². The van der Waals surface area contributed by atoms with Crippen LogP contribution < -0.4 is 9.62 Å². The van der Waals surface area contributed by atoms with E-state index in [1.165, 1.54) is 0 Å². The summed E-state index contributed by atoms with van der Waals surface area (Å²) < 4.78 is 28.5. The van der Waals surface area contributed by atoms with Gasteiger partial charge in [-0.05, 0) is 54.8 Å². The van der Waals surface area contributed by atoms with Crippen molar-refractivity contribution < 1.29 is 13.2 Å². The number of carbonyl (C=O) groups excluding carboxylic acids is 1. The Morgan fingerprint density at radius 3 is 2.31 bits per heavy atom. The molecule has 1 heterocycles. The van der Waals surface area contributed by atoms with Crippen molar-refractivity contribution in [1.29, 1.82) is 0 Å². The largest absolute Gasteiger partial charge is 0.308 e. The van der Waals surface area contributed by atoms with Crippen LogP contribution >= 0.6 is 0 Å². The van der Waals surface area contributed by atoms with Gasteiger partial charge in [-0.25, -0.2) is 13.1 Å². The number of rotatable bonds is 5. The molecule has 4 rings (SSSR count). The Hall–Kier alpha value is -2.96. The maximum atomic E-state index is 12.9. The van der Waals surface area contributed by atoms with Crippen molar-refractivity contribution in [3.05, 3.63) is 95.6 Å². The fourth-order valence-corrected chi connectivity index (χ4v) is 4.89. The molecule has 0 aromatic heterocycles.